The van der Waals surface area contributed by atoms with Gasteiger partial charge in [0, 0.05) is 0 Å². The van der Waals surface area contributed by atoms with Crippen molar-refractivity contribution in [3.63, 3.8) is 0 Å². The Morgan fingerprint density at radius 2 is 2.43 bits per heavy atom. The quantitative estimate of drug-likeness (QED) is 0.774. The van der Waals surface area contributed by atoms with Gasteiger partial charge < -0.3 is 4.42 Å². The molecule has 0 radical (unpaired) electrons. The second kappa shape index (κ2) is 4.53. The van der Waals surface area contributed by atoms with E-state index >= 15 is 0 Å². The van der Waals surface area contributed by atoms with Gasteiger partial charge in [-0.25, -0.2) is 0 Å². The molecule has 14 heavy (non-hydrogen) atoms. The number of hydrogen-bond donors (Lipinski definition) is 0. The largest absolute Gasteiger partial charge is 0.460 e. The molecule has 1 saturated heterocycles. The first-order valence-electron chi connectivity index (χ1n) is 4.68. The molecule has 2 nitrogen and oxygen atoms in total. The molecule has 2 rings (SSSR count). The van der Waals surface area contributed by atoms with E-state index in [1.807, 2.05) is 0 Å². The highest BCUT2D eigenvalue weighted by Gasteiger charge is 2.26. The molecule has 0 aliphatic carbocycles. The van der Waals surface area contributed by atoms with Gasteiger partial charge in [-0.3, -0.25) is 4.79 Å². The van der Waals surface area contributed by atoms with Crippen LogP contribution in [-0.4, -0.2) is 16.8 Å². The first-order chi connectivity index (χ1) is 6.79. The van der Waals surface area contributed by atoms with Gasteiger partial charge in [-0.2, -0.15) is 11.8 Å². The molecule has 1 aliphatic rings. The van der Waals surface area contributed by atoms with Crippen molar-refractivity contribution >= 4 is 33.5 Å². The molecule has 1 unspecified atom stereocenters. The number of hydrogen-bond acceptors (Lipinski definition) is 3. The number of carbonyl (C=O) groups is 1. The summed E-state index contributed by atoms with van der Waals surface area (Å²) in [6.07, 6.45) is 4.91. The lowest BCUT2D eigenvalue weighted by atomic mass is 10.1. The Balaban J connectivity index is 2.11. The fourth-order valence-electron chi connectivity index (χ4n) is 1.56. The van der Waals surface area contributed by atoms with E-state index in [0.29, 0.717) is 5.76 Å². The molecule has 0 saturated carbocycles. The van der Waals surface area contributed by atoms with Crippen molar-refractivity contribution in [2.45, 2.75) is 24.5 Å². The highest BCUT2D eigenvalue weighted by Crippen LogP contribution is 2.30. The summed E-state index contributed by atoms with van der Waals surface area (Å²) < 4.78 is 5.94. The van der Waals surface area contributed by atoms with Gasteiger partial charge in [0.15, 0.2) is 5.76 Å². The van der Waals surface area contributed by atoms with Crippen molar-refractivity contribution in [2.75, 3.05) is 5.75 Å². The molecule has 1 aliphatic heterocycles. The Labute approximate surface area is 95.6 Å². The third-order valence-corrected chi connectivity index (χ3v) is 4.31. The lowest BCUT2D eigenvalue weighted by molar-refractivity contribution is 0.0957. The van der Waals surface area contributed by atoms with Crippen molar-refractivity contribution in [3.05, 3.63) is 22.6 Å². The highest BCUT2D eigenvalue weighted by molar-refractivity contribution is 9.10. The van der Waals surface area contributed by atoms with Crippen molar-refractivity contribution in [3.8, 4) is 0 Å². The van der Waals surface area contributed by atoms with Crippen molar-refractivity contribution in [1.29, 1.82) is 0 Å². The van der Waals surface area contributed by atoms with Crippen LogP contribution < -0.4 is 0 Å². The third kappa shape index (κ3) is 2.06. The van der Waals surface area contributed by atoms with Gasteiger partial charge in [0.1, 0.15) is 0 Å². The Hall–Kier alpha value is -0.220. The minimum atomic E-state index is 0.103. The summed E-state index contributed by atoms with van der Waals surface area (Å²) in [6, 6.07) is 1.76. The topological polar surface area (TPSA) is 30.2 Å². The van der Waals surface area contributed by atoms with E-state index in [9.17, 15) is 4.79 Å². The van der Waals surface area contributed by atoms with E-state index in [2.05, 4.69) is 15.9 Å². The highest BCUT2D eigenvalue weighted by atomic mass is 79.9. The molecule has 76 valence electrons. The SMILES string of the molecule is O=C(c1occc1Br)C1CCCCS1. The number of carbonyl (C=O) groups excluding carboxylic acids is 1. The van der Waals surface area contributed by atoms with E-state index < -0.39 is 0 Å². The van der Waals surface area contributed by atoms with E-state index in [-0.39, 0.29) is 11.0 Å². The number of ketones is 1. The summed E-state index contributed by atoms with van der Waals surface area (Å²) >= 11 is 5.06. The molecular weight excluding hydrogens is 264 g/mol. The zero-order valence-electron chi connectivity index (χ0n) is 7.66. The van der Waals surface area contributed by atoms with Crippen molar-refractivity contribution in [1.82, 2.24) is 0 Å². The molecule has 0 bridgehead atoms. The molecule has 0 aromatic carbocycles. The smallest absolute Gasteiger partial charge is 0.212 e. The summed E-state index contributed by atoms with van der Waals surface area (Å²) in [5, 5.41) is 0.103. The van der Waals surface area contributed by atoms with Gasteiger partial charge in [-0.05, 0) is 40.6 Å². The van der Waals surface area contributed by atoms with Gasteiger partial charge in [-0.15, -0.1) is 0 Å². The maximum absolute atomic E-state index is 11.9. The van der Waals surface area contributed by atoms with Gasteiger partial charge in [0.2, 0.25) is 5.78 Å². The number of thioether (sulfide) groups is 1. The third-order valence-electron chi connectivity index (χ3n) is 2.31. The molecule has 4 heteroatoms. The normalized spacial score (nSPS) is 22.2. The van der Waals surface area contributed by atoms with Crippen molar-refractivity contribution < 1.29 is 9.21 Å². The maximum atomic E-state index is 11.9. The fraction of sp³-hybridized carbons (Fsp3) is 0.500. The number of rotatable bonds is 2. The number of halogens is 1. The zero-order chi connectivity index (χ0) is 9.97. The molecule has 0 N–H and O–H groups in total. The second-order valence-electron chi connectivity index (χ2n) is 3.32. The van der Waals surface area contributed by atoms with Crippen LogP contribution in [0.3, 0.4) is 0 Å². The van der Waals surface area contributed by atoms with Crippen molar-refractivity contribution in [2.24, 2.45) is 0 Å². The van der Waals surface area contributed by atoms with E-state index in [1.54, 1.807) is 24.1 Å². The minimum Gasteiger partial charge on any atom is -0.460 e. The zero-order valence-corrected chi connectivity index (χ0v) is 10.1. The average molecular weight is 275 g/mol. The van der Waals surface area contributed by atoms with Gasteiger partial charge in [-0.1, -0.05) is 6.42 Å². The summed E-state index contributed by atoms with van der Waals surface area (Å²) in [6.45, 7) is 0. The van der Waals surface area contributed by atoms with Gasteiger partial charge in [0.05, 0.1) is 16.0 Å². The average Bonchev–Trinajstić information content (AvgIpc) is 2.65. The van der Waals surface area contributed by atoms with E-state index in [4.69, 9.17) is 4.42 Å². The first kappa shape index (κ1) is 10.3. The number of Topliss-reactive ketones (excluding diaryl/α,β-unsaturated/α-hetero) is 1. The Kier molecular flexibility index (Phi) is 3.34. The Morgan fingerprint density at radius 3 is 3.00 bits per heavy atom. The Morgan fingerprint density at radius 1 is 1.57 bits per heavy atom. The van der Waals surface area contributed by atoms with E-state index in [0.717, 1.165) is 23.1 Å². The van der Waals surface area contributed by atoms with Crippen LogP contribution in [0.2, 0.25) is 0 Å². The molecule has 1 fully saturated rings. The number of furan rings is 1. The maximum Gasteiger partial charge on any atom is 0.212 e. The lowest BCUT2D eigenvalue weighted by Crippen LogP contribution is -2.20. The second-order valence-corrected chi connectivity index (χ2v) is 5.48. The van der Waals surface area contributed by atoms with Crippen LogP contribution in [0.4, 0.5) is 0 Å². The predicted molar refractivity (Wildman–Crippen MR) is 60.8 cm³/mol. The first-order valence-corrected chi connectivity index (χ1v) is 6.52. The minimum absolute atomic E-state index is 0.103. The summed E-state index contributed by atoms with van der Waals surface area (Å²) in [5.74, 6) is 1.70. The molecule has 1 aromatic heterocycles. The van der Waals surface area contributed by atoms with Gasteiger partial charge in [0.25, 0.3) is 0 Å². The Bertz CT molecular complexity index is 329. The summed E-state index contributed by atoms with van der Waals surface area (Å²) in [5.41, 5.74) is 0. The fourth-order valence-corrected chi connectivity index (χ4v) is 3.21. The van der Waals surface area contributed by atoms with Crippen LogP contribution in [-0.2, 0) is 0 Å². The molecule has 2 heterocycles. The molecule has 0 spiro atoms. The molecular formula is C10H11BrO2S. The summed E-state index contributed by atoms with van der Waals surface area (Å²) in [7, 11) is 0. The predicted octanol–water partition coefficient (Wildman–Crippen LogP) is 3.51. The van der Waals surface area contributed by atoms with Crippen LogP contribution >= 0.6 is 27.7 Å². The van der Waals surface area contributed by atoms with E-state index in [1.165, 1.54) is 6.42 Å². The molecule has 1 aromatic rings. The van der Waals surface area contributed by atoms with Crippen LogP contribution in [0.15, 0.2) is 21.2 Å². The standard InChI is InChI=1S/C10H11BrO2S/c11-7-4-5-13-10(7)9(12)8-3-1-2-6-14-8/h4-5,8H,1-3,6H2. The van der Waals surface area contributed by atoms with Crippen LogP contribution in [0.25, 0.3) is 0 Å². The van der Waals surface area contributed by atoms with Crippen LogP contribution in [0.1, 0.15) is 29.8 Å². The lowest BCUT2D eigenvalue weighted by Gasteiger charge is -2.18. The molecule has 0 amide bonds. The summed E-state index contributed by atoms with van der Waals surface area (Å²) in [4.78, 5) is 11.9. The molecule has 1 atom stereocenters. The van der Waals surface area contributed by atoms with Gasteiger partial charge >= 0.3 is 0 Å². The van der Waals surface area contributed by atoms with Crippen LogP contribution in [0, 0.1) is 0 Å². The monoisotopic (exact) mass is 274 g/mol. The van der Waals surface area contributed by atoms with Crippen LogP contribution in [0.5, 0.6) is 0 Å².